The second-order valence-electron chi connectivity index (χ2n) is 5.27. The highest BCUT2D eigenvalue weighted by Gasteiger charge is 2.23. The zero-order valence-corrected chi connectivity index (χ0v) is 11.8. The molecule has 1 heterocycles. The molecule has 18 heavy (non-hydrogen) atoms. The topological polar surface area (TPSA) is 20.3 Å². The number of benzene rings is 1. The third-order valence-corrected chi connectivity index (χ3v) is 4.03. The van der Waals surface area contributed by atoms with Crippen molar-refractivity contribution in [1.82, 2.24) is 4.90 Å². The quantitative estimate of drug-likeness (QED) is 0.751. The van der Waals surface area contributed by atoms with Gasteiger partial charge in [-0.1, -0.05) is 17.2 Å². The molecule has 0 aliphatic carbocycles. The van der Waals surface area contributed by atoms with E-state index in [4.69, 9.17) is 11.6 Å². The zero-order valence-electron chi connectivity index (χ0n) is 11.1. The van der Waals surface area contributed by atoms with Crippen LogP contribution in [0.4, 0.5) is 0 Å². The largest absolute Gasteiger partial charge is 0.339 e. The number of aryl methyl sites for hydroxylation is 2. The normalized spacial score (nSPS) is 16.9. The Labute approximate surface area is 114 Å². The first-order valence-electron chi connectivity index (χ1n) is 6.53. The lowest BCUT2D eigenvalue weighted by molar-refractivity contribution is 0.0698. The number of likely N-dealkylation sites (tertiary alicyclic amines) is 1. The molecule has 1 aliphatic heterocycles. The number of rotatable bonds is 2. The van der Waals surface area contributed by atoms with E-state index >= 15 is 0 Å². The molecule has 2 rings (SSSR count). The lowest BCUT2D eigenvalue weighted by Gasteiger charge is -2.31. The Morgan fingerprint density at radius 3 is 2.28 bits per heavy atom. The fourth-order valence-corrected chi connectivity index (χ4v) is 2.88. The molecule has 2 nitrogen and oxygen atoms in total. The first-order chi connectivity index (χ1) is 8.60. The number of halogens is 1. The lowest BCUT2D eigenvalue weighted by Crippen LogP contribution is -2.38. The monoisotopic (exact) mass is 265 g/mol. The average molecular weight is 266 g/mol. The van der Waals surface area contributed by atoms with Gasteiger partial charge in [-0.2, -0.15) is 0 Å². The highest BCUT2D eigenvalue weighted by atomic mass is 35.5. The second-order valence-corrected chi connectivity index (χ2v) is 5.57. The van der Waals surface area contributed by atoms with Gasteiger partial charge in [-0.3, -0.25) is 4.79 Å². The fraction of sp³-hybridized carbons (Fsp3) is 0.533. The van der Waals surface area contributed by atoms with Gasteiger partial charge in [-0.15, -0.1) is 11.6 Å². The molecule has 0 atom stereocenters. The minimum Gasteiger partial charge on any atom is -0.339 e. The standard InChI is InChI=1S/C15H20ClNO/c1-11-7-12(2)9-14(8-11)15(18)17-5-3-13(10-16)4-6-17/h7-9,13H,3-6,10H2,1-2H3. The van der Waals surface area contributed by atoms with E-state index in [1.807, 2.05) is 30.9 Å². The highest BCUT2D eigenvalue weighted by Crippen LogP contribution is 2.20. The summed E-state index contributed by atoms with van der Waals surface area (Å²) in [7, 11) is 0. The van der Waals surface area contributed by atoms with Gasteiger partial charge in [-0.25, -0.2) is 0 Å². The van der Waals surface area contributed by atoms with E-state index in [0.717, 1.165) is 42.6 Å². The molecule has 1 aromatic carbocycles. The Morgan fingerprint density at radius 2 is 1.78 bits per heavy atom. The lowest BCUT2D eigenvalue weighted by atomic mass is 9.98. The molecule has 0 bridgehead atoms. The number of nitrogens with zero attached hydrogens (tertiary/aromatic N) is 1. The van der Waals surface area contributed by atoms with Crippen LogP contribution in [0.2, 0.25) is 0 Å². The first kappa shape index (κ1) is 13.4. The van der Waals surface area contributed by atoms with Gasteiger partial charge in [0.1, 0.15) is 0 Å². The molecule has 1 amide bonds. The predicted octanol–water partition coefficient (Wildman–Crippen LogP) is 3.39. The van der Waals surface area contributed by atoms with Crippen LogP contribution >= 0.6 is 11.6 Å². The van der Waals surface area contributed by atoms with Crippen molar-refractivity contribution in [2.24, 2.45) is 5.92 Å². The maximum atomic E-state index is 12.4. The smallest absolute Gasteiger partial charge is 0.253 e. The van der Waals surface area contributed by atoms with Crippen LogP contribution in [-0.4, -0.2) is 29.8 Å². The number of hydrogen-bond acceptors (Lipinski definition) is 1. The van der Waals surface area contributed by atoms with Crippen molar-refractivity contribution in [3.05, 3.63) is 34.9 Å². The molecule has 0 radical (unpaired) electrons. The van der Waals surface area contributed by atoms with Crippen LogP contribution < -0.4 is 0 Å². The van der Waals surface area contributed by atoms with E-state index in [0.29, 0.717) is 11.8 Å². The molecule has 1 aromatic rings. The molecule has 0 spiro atoms. The van der Waals surface area contributed by atoms with Gasteiger partial charge < -0.3 is 4.90 Å². The van der Waals surface area contributed by atoms with Gasteiger partial charge in [0, 0.05) is 24.5 Å². The van der Waals surface area contributed by atoms with Crippen LogP contribution in [-0.2, 0) is 0 Å². The molecule has 1 saturated heterocycles. The van der Waals surface area contributed by atoms with Crippen LogP contribution in [0.3, 0.4) is 0 Å². The van der Waals surface area contributed by atoms with E-state index in [-0.39, 0.29) is 5.91 Å². The van der Waals surface area contributed by atoms with Gasteiger partial charge in [0.05, 0.1) is 0 Å². The van der Waals surface area contributed by atoms with Crippen LogP contribution in [0.5, 0.6) is 0 Å². The number of hydrogen-bond donors (Lipinski definition) is 0. The molecule has 1 fully saturated rings. The summed E-state index contributed by atoms with van der Waals surface area (Å²) in [6, 6.07) is 6.04. The SMILES string of the molecule is Cc1cc(C)cc(C(=O)N2CCC(CCl)CC2)c1. The van der Waals surface area contributed by atoms with Crippen molar-refractivity contribution in [1.29, 1.82) is 0 Å². The summed E-state index contributed by atoms with van der Waals surface area (Å²) in [6.07, 6.45) is 2.06. The maximum absolute atomic E-state index is 12.4. The van der Waals surface area contributed by atoms with Crippen LogP contribution in [0, 0.1) is 19.8 Å². The molecular weight excluding hydrogens is 246 g/mol. The molecule has 0 unspecified atom stereocenters. The minimum atomic E-state index is 0.162. The summed E-state index contributed by atoms with van der Waals surface area (Å²) >= 11 is 5.86. The fourth-order valence-electron chi connectivity index (χ4n) is 2.57. The summed E-state index contributed by atoms with van der Waals surface area (Å²) < 4.78 is 0. The van der Waals surface area contributed by atoms with Crippen LogP contribution in [0.15, 0.2) is 18.2 Å². The van der Waals surface area contributed by atoms with Crippen molar-refractivity contribution >= 4 is 17.5 Å². The Kier molecular flexibility index (Phi) is 4.28. The van der Waals surface area contributed by atoms with Crippen molar-refractivity contribution in [3.8, 4) is 0 Å². The number of piperidine rings is 1. The summed E-state index contributed by atoms with van der Waals surface area (Å²) in [4.78, 5) is 14.3. The van der Waals surface area contributed by atoms with Gasteiger partial charge in [0.2, 0.25) is 0 Å². The van der Waals surface area contributed by atoms with Gasteiger partial charge in [0.25, 0.3) is 5.91 Å². The van der Waals surface area contributed by atoms with E-state index < -0.39 is 0 Å². The Balaban J connectivity index is 2.07. The van der Waals surface area contributed by atoms with Gasteiger partial charge >= 0.3 is 0 Å². The maximum Gasteiger partial charge on any atom is 0.253 e. The predicted molar refractivity (Wildman–Crippen MR) is 75.3 cm³/mol. The second kappa shape index (κ2) is 5.75. The van der Waals surface area contributed by atoms with E-state index in [2.05, 4.69) is 6.07 Å². The van der Waals surface area contributed by atoms with E-state index in [1.165, 1.54) is 0 Å². The molecule has 0 aromatic heterocycles. The number of carbonyl (C=O) groups excluding carboxylic acids is 1. The van der Waals surface area contributed by atoms with E-state index in [9.17, 15) is 4.79 Å². The molecule has 98 valence electrons. The molecular formula is C15H20ClNO. The number of amides is 1. The molecule has 0 N–H and O–H groups in total. The molecule has 1 aliphatic rings. The zero-order chi connectivity index (χ0) is 13.1. The average Bonchev–Trinajstić information content (AvgIpc) is 2.37. The molecule has 3 heteroatoms. The highest BCUT2D eigenvalue weighted by molar-refractivity contribution is 6.18. The van der Waals surface area contributed by atoms with Crippen molar-refractivity contribution in [2.75, 3.05) is 19.0 Å². The summed E-state index contributed by atoms with van der Waals surface area (Å²) in [5.74, 6) is 1.45. The third-order valence-electron chi connectivity index (χ3n) is 3.59. The van der Waals surface area contributed by atoms with Gasteiger partial charge in [-0.05, 0) is 44.7 Å². The number of alkyl halides is 1. The first-order valence-corrected chi connectivity index (χ1v) is 7.07. The van der Waals surface area contributed by atoms with Crippen LogP contribution in [0.25, 0.3) is 0 Å². The van der Waals surface area contributed by atoms with Gasteiger partial charge in [0.15, 0.2) is 0 Å². The third kappa shape index (κ3) is 3.05. The Bertz CT molecular complexity index is 416. The van der Waals surface area contributed by atoms with E-state index in [1.54, 1.807) is 0 Å². The summed E-state index contributed by atoms with van der Waals surface area (Å²) in [6.45, 7) is 5.74. The summed E-state index contributed by atoms with van der Waals surface area (Å²) in [5, 5.41) is 0. The number of carbonyl (C=O) groups is 1. The summed E-state index contributed by atoms with van der Waals surface area (Å²) in [5.41, 5.74) is 3.11. The van der Waals surface area contributed by atoms with Crippen LogP contribution in [0.1, 0.15) is 34.3 Å². The van der Waals surface area contributed by atoms with Crippen molar-refractivity contribution in [2.45, 2.75) is 26.7 Å². The van der Waals surface area contributed by atoms with Crippen molar-refractivity contribution in [3.63, 3.8) is 0 Å². The Morgan fingerprint density at radius 1 is 1.22 bits per heavy atom. The molecule has 0 saturated carbocycles. The minimum absolute atomic E-state index is 0.162. The van der Waals surface area contributed by atoms with Crippen molar-refractivity contribution < 1.29 is 4.79 Å². The Hall–Kier alpha value is -1.02.